The standard InChI is InChI=1S/C23H28N2O5/c1-4-21(26)25-14-13-24(15-17-9-6-5-7-10-17)18(16-25)23(27)30-22-19(28-2)11-8-12-20(22)29-3/h5-12,18H,4,13-16H2,1-3H3. The highest BCUT2D eigenvalue weighted by atomic mass is 16.6. The third-order valence-corrected chi connectivity index (χ3v) is 5.23. The second-order valence-electron chi connectivity index (χ2n) is 7.08. The van der Waals surface area contributed by atoms with Crippen molar-refractivity contribution in [1.82, 2.24) is 9.80 Å². The van der Waals surface area contributed by atoms with Gasteiger partial charge in [0.05, 0.1) is 14.2 Å². The fourth-order valence-electron chi connectivity index (χ4n) is 3.59. The van der Waals surface area contributed by atoms with Gasteiger partial charge in [-0.2, -0.15) is 0 Å². The zero-order valence-corrected chi connectivity index (χ0v) is 17.7. The van der Waals surface area contributed by atoms with Gasteiger partial charge in [-0.25, -0.2) is 4.79 Å². The molecule has 1 aliphatic heterocycles. The third kappa shape index (κ3) is 4.91. The molecule has 0 aliphatic carbocycles. The van der Waals surface area contributed by atoms with E-state index in [1.54, 1.807) is 23.1 Å². The van der Waals surface area contributed by atoms with Crippen LogP contribution in [0.2, 0.25) is 0 Å². The molecule has 1 atom stereocenters. The number of hydrogen-bond donors (Lipinski definition) is 0. The van der Waals surface area contributed by atoms with Crippen LogP contribution in [-0.4, -0.2) is 61.6 Å². The highest BCUT2D eigenvalue weighted by Crippen LogP contribution is 2.37. The molecular formula is C23H28N2O5. The predicted octanol–water partition coefficient (Wildman–Crippen LogP) is 2.73. The van der Waals surface area contributed by atoms with Crippen molar-refractivity contribution >= 4 is 11.9 Å². The zero-order chi connectivity index (χ0) is 21.5. The summed E-state index contributed by atoms with van der Waals surface area (Å²) in [7, 11) is 3.02. The van der Waals surface area contributed by atoms with Crippen molar-refractivity contribution in [3.63, 3.8) is 0 Å². The van der Waals surface area contributed by atoms with Gasteiger partial charge in [-0.1, -0.05) is 43.3 Å². The Bertz CT molecular complexity index is 849. The van der Waals surface area contributed by atoms with E-state index in [0.29, 0.717) is 37.6 Å². The van der Waals surface area contributed by atoms with Gasteiger partial charge in [0.1, 0.15) is 6.04 Å². The van der Waals surface area contributed by atoms with Crippen molar-refractivity contribution in [2.24, 2.45) is 0 Å². The summed E-state index contributed by atoms with van der Waals surface area (Å²) >= 11 is 0. The van der Waals surface area contributed by atoms with Gasteiger partial charge in [-0.15, -0.1) is 0 Å². The molecule has 2 aromatic rings. The SMILES string of the molecule is CCC(=O)N1CCN(Cc2ccccc2)C(C(=O)Oc2c(OC)cccc2OC)C1. The minimum atomic E-state index is -0.593. The first kappa shape index (κ1) is 21.6. The van der Waals surface area contributed by atoms with E-state index in [2.05, 4.69) is 4.90 Å². The number of para-hydroxylation sites is 1. The van der Waals surface area contributed by atoms with E-state index in [-0.39, 0.29) is 18.2 Å². The summed E-state index contributed by atoms with van der Waals surface area (Å²) in [4.78, 5) is 29.3. The van der Waals surface area contributed by atoms with Crippen molar-refractivity contribution < 1.29 is 23.8 Å². The number of benzene rings is 2. The fraction of sp³-hybridized carbons (Fsp3) is 0.391. The summed E-state index contributed by atoms with van der Waals surface area (Å²) in [6, 6.07) is 14.5. The van der Waals surface area contributed by atoms with Crippen molar-refractivity contribution in [1.29, 1.82) is 0 Å². The normalized spacial score (nSPS) is 16.8. The summed E-state index contributed by atoms with van der Waals surface area (Å²) in [6.45, 7) is 3.88. The van der Waals surface area contributed by atoms with E-state index in [9.17, 15) is 9.59 Å². The van der Waals surface area contributed by atoms with Crippen LogP contribution < -0.4 is 14.2 Å². The highest BCUT2D eigenvalue weighted by molar-refractivity contribution is 5.82. The molecule has 1 unspecified atom stereocenters. The van der Waals surface area contributed by atoms with Crippen LogP contribution in [0.3, 0.4) is 0 Å². The topological polar surface area (TPSA) is 68.3 Å². The first-order chi connectivity index (χ1) is 14.6. The molecule has 1 aliphatic rings. The molecule has 0 bridgehead atoms. The average molecular weight is 412 g/mol. The molecule has 0 saturated carbocycles. The largest absolute Gasteiger partial charge is 0.493 e. The number of ether oxygens (including phenoxy) is 3. The van der Waals surface area contributed by atoms with Gasteiger partial charge in [0.15, 0.2) is 11.5 Å². The Morgan fingerprint density at radius 1 is 0.967 bits per heavy atom. The van der Waals surface area contributed by atoms with Gasteiger partial charge in [0, 0.05) is 32.6 Å². The van der Waals surface area contributed by atoms with Crippen molar-refractivity contribution in [3.8, 4) is 17.2 Å². The third-order valence-electron chi connectivity index (χ3n) is 5.23. The van der Waals surface area contributed by atoms with E-state index in [1.165, 1.54) is 14.2 Å². The molecule has 7 heteroatoms. The molecule has 2 aromatic carbocycles. The zero-order valence-electron chi connectivity index (χ0n) is 17.7. The molecule has 3 rings (SSSR count). The number of rotatable bonds is 7. The highest BCUT2D eigenvalue weighted by Gasteiger charge is 2.36. The maximum atomic E-state index is 13.2. The lowest BCUT2D eigenvalue weighted by Gasteiger charge is -2.40. The van der Waals surface area contributed by atoms with Crippen molar-refractivity contribution in [2.45, 2.75) is 25.9 Å². The van der Waals surface area contributed by atoms with Crippen LogP contribution in [0.4, 0.5) is 0 Å². The average Bonchev–Trinajstić information content (AvgIpc) is 2.79. The smallest absolute Gasteiger partial charge is 0.330 e. The van der Waals surface area contributed by atoms with Gasteiger partial charge < -0.3 is 19.1 Å². The van der Waals surface area contributed by atoms with Gasteiger partial charge in [0.2, 0.25) is 11.7 Å². The Morgan fingerprint density at radius 3 is 2.23 bits per heavy atom. The number of methoxy groups -OCH3 is 2. The lowest BCUT2D eigenvalue weighted by Crippen LogP contribution is -2.58. The van der Waals surface area contributed by atoms with Crippen molar-refractivity contribution in [2.75, 3.05) is 33.9 Å². The summed E-state index contributed by atoms with van der Waals surface area (Å²) in [6.07, 6.45) is 0.404. The van der Waals surface area contributed by atoms with E-state index in [4.69, 9.17) is 14.2 Å². The Hall–Kier alpha value is -3.06. The molecule has 160 valence electrons. The Labute approximate surface area is 177 Å². The first-order valence-electron chi connectivity index (χ1n) is 10.1. The van der Waals surface area contributed by atoms with Crippen LogP contribution >= 0.6 is 0 Å². The van der Waals surface area contributed by atoms with Crippen LogP contribution in [0.15, 0.2) is 48.5 Å². The second-order valence-corrected chi connectivity index (χ2v) is 7.08. The second kappa shape index (κ2) is 10.1. The molecule has 30 heavy (non-hydrogen) atoms. The molecule has 0 spiro atoms. The summed E-state index contributed by atoms with van der Waals surface area (Å²) < 4.78 is 16.4. The van der Waals surface area contributed by atoms with Gasteiger partial charge in [-0.3, -0.25) is 9.69 Å². The van der Waals surface area contributed by atoms with Crippen LogP contribution in [0, 0.1) is 0 Å². The molecular weight excluding hydrogens is 384 g/mol. The summed E-state index contributed by atoms with van der Waals surface area (Å²) in [5.41, 5.74) is 1.10. The molecule has 0 aromatic heterocycles. The van der Waals surface area contributed by atoms with E-state index < -0.39 is 12.0 Å². The lowest BCUT2D eigenvalue weighted by molar-refractivity contribution is -0.146. The van der Waals surface area contributed by atoms with Gasteiger partial charge in [0.25, 0.3) is 0 Å². The number of esters is 1. The summed E-state index contributed by atoms with van der Waals surface area (Å²) in [5.74, 6) is 0.652. The monoisotopic (exact) mass is 412 g/mol. The minimum absolute atomic E-state index is 0.0297. The molecule has 1 fully saturated rings. The molecule has 0 N–H and O–H groups in total. The minimum Gasteiger partial charge on any atom is -0.493 e. The van der Waals surface area contributed by atoms with Crippen LogP contribution in [0.1, 0.15) is 18.9 Å². The van der Waals surface area contributed by atoms with Crippen LogP contribution in [-0.2, 0) is 16.1 Å². The van der Waals surface area contributed by atoms with Gasteiger partial charge in [-0.05, 0) is 17.7 Å². The maximum Gasteiger partial charge on any atom is 0.330 e. The Balaban J connectivity index is 1.85. The molecule has 1 amide bonds. The number of piperazine rings is 1. The van der Waals surface area contributed by atoms with Crippen LogP contribution in [0.25, 0.3) is 0 Å². The number of amides is 1. The van der Waals surface area contributed by atoms with E-state index in [1.807, 2.05) is 37.3 Å². The maximum absolute atomic E-state index is 13.2. The Kier molecular flexibility index (Phi) is 7.30. The van der Waals surface area contributed by atoms with E-state index >= 15 is 0 Å². The number of nitrogens with zero attached hydrogens (tertiary/aromatic N) is 2. The fourth-order valence-corrected chi connectivity index (χ4v) is 3.59. The molecule has 0 radical (unpaired) electrons. The molecule has 7 nitrogen and oxygen atoms in total. The molecule has 1 heterocycles. The van der Waals surface area contributed by atoms with E-state index in [0.717, 1.165) is 5.56 Å². The quantitative estimate of drug-likeness (QED) is 0.515. The molecule has 1 saturated heterocycles. The predicted molar refractivity (Wildman–Crippen MR) is 113 cm³/mol. The van der Waals surface area contributed by atoms with Gasteiger partial charge >= 0.3 is 5.97 Å². The number of hydrogen-bond acceptors (Lipinski definition) is 6. The van der Waals surface area contributed by atoms with Crippen LogP contribution in [0.5, 0.6) is 17.2 Å². The Morgan fingerprint density at radius 2 is 1.63 bits per heavy atom. The number of carbonyl (C=O) groups is 2. The first-order valence-corrected chi connectivity index (χ1v) is 10.1. The number of carbonyl (C=O) groups excluding carboxylic acids is 2. The lowest BCUT2D eigenvalue weighted by atomic mass is 10.1. The summed E-state index contributed by atoms with van der Waals surface area (Å²) in [5, 5.41) is 0. The van der Waals surface area contributed by atoms with Crippen molar-refractivity contribution in [3.05, 3.63) is 54.1 Å².